The highest BCUT2D eigenvalue weighted by atomic mass is 16.5. The first kappa shape index (κ1) is 27.3. The van der Waals surface area contributed by atoms with Crippen molar-refractivity contribution in [3.63, 3.8) is 0 Å². The maximum atomic E-state index is 6.11. The van der Waals surface area contributed by atoms with Gasteiger partial charge in [0.25, 0.3) is 0 Å². The molecule has 0 aliphatic carbocycles. The third kappa shape index (κ3) is 5.89. The van der Waals surface area contributed by atoms with Gasteiger partial charge in [0.05, 0.1) is 29.7 Å². The molecule has 0 atom stereocenters. The molecule has 200 valence electrons. The number of fused-ring (bicyclic) bond motifs is 1. The van der Waals surface area contributed by atoms with Gasteiger partial charge in [0.2, 0.25) is 0 Å². The van der Waals surface area contributed by atoms with Gasteiger partial charge in [-0.2, -0.15) is 0 Å². The average Bonchev–Trinajstić information content (AvgIpc) is 3.21. The number of aromatic nitrogens is 1. The number of likely N-dealkylation sites (N-methyl/N-ethyl adjacent to an activating group) is 1. The number of para-hydroxylation sites is 1. The number of aryl methyl sites for hydroxylation is 2. The van der Waals surface area contributed by atoms with Crippen LogP contribution in [-0.4, -0.2) is 54.7 Å². The topological polar surface area (TPSA) is 32.7 Å². The van der Waals surface area contributed by atoms with Crippen LogP contribution in [0.15, 0.2) is 42.5 Å². The van der Waals surface area contributed by atoms with Gasteiger partial charge in [-0.1, -0.05) is 65.0 Å². The van der Waals surface area contributed by atoms with Crippen molar-refractivity contribution < 1.29 is 4.74 Å². The third-order valence-corrected chi connectivity index (χ3v) is 7.70. The first-order valence-electron chi connectivity index (χ1n) is 13.8. The molecule has 1 N–H and O–H groups in total. The van der Waals surface area contributed by atoms with Gasteiger partial charge >= 0.3 is 0 Å². The summed E-state index contributed by atoms with van der Waals surface area (Å²) in [4.78, 5) is 4.95. The molecule has 4 rings (SSSR count). The van der Waals surface area contributed by atoms with E-state index in [1.807, 2.05) is 0 Å². The van der Waals surface area contributed by atoms with Crippen LogP contribution in [0.3, 0.4) is 0 Å². The Morgan fingerprint density at radius 1 is 1.00 bits per heavy atom. The van der Waals surface area contributed by atoms with Gasteiger partial charge < -0.3 is 19.5 Å². The van der Waals surface area contributed by atoms with E-state index in [0.717, 1.165) is 62.7 Å². The summed E-state index contributed by atoms with van der Waals surface area (Å²) in [6.07, 6.45) is 4.26. The number of benzene rings is 2. The van der Waals surface area contributed by atoms with Crippen molar-refractivity contribution in [2.45, 2.75) is 59.4 Å². The molecule has 3 aromatic rings. The van der Waals surface area contributed by atoms with Gasteiger partial charge in [0, 0.05) is 50.7 Å². The number of rotatable bonds is 8. The Morgan fingerprint density at radius 2 is 1.73 bits per heavy atom. The molecule has 2 aromatic carbocycles. The van der Waals surface area contributed by atoms with Crippen LogP contribution in [0.5, 0.6) is 5.75 Å². The Labute approximate surface area is 224 Å². The van der Waals surface area contributed by atoms with Crippen LogP contribution in [0.2, 0.25) is 0 Å². The summed E-state index contributed by atoms with van der Waals surface area (Å²) < 4.78 is 8.45. The van der Waals surface area contributed by atoms with Gasteiger partial charge in [0.1, 0.15) is 5.75 Å². The molecular formula is C32H46N4O. The molecule has 37 heavy (non-hydrogen) atoms. The number of ether oxygens (including phenoxy) is 1. The molecule has 0 spiro atoms. The third-order valence-electron chi connectivity index (χ3n) is 7.70. The minimum Gasteiger partial charge on any atom is -0.494 e. The predicted molar refractivity (Wildman–Crippen MR) is 159 cm³/mol. The molecule has 1 aromatic heterocycles. The van der Waals surface area contributed by atoms with Crippen molar-refractivity contribution in [2.24, 2.45) is 7.05 Å². The highest BCUT2D eigenvalue weighted by Gasteiger charge is 2.23. The number of nitrogens with one attached hydrogen (secondary N) is 1. The summed E-state index contributed by atoms with van der Waals surface area (Å²) in [6, 6.07) is 13.6. The Balaban J connectivity index is 1.78. The second-order valence-corrected chi connectivity index (χ2v) is 11.5. The Hall–Kier alpha value is -2.76. The second kappa shape index (κ2) is 11.3. The highest BCUT2D eigenvalue weighted by molar-refractivity contribution is 5.90. The summed E-state index contributed by atoms with van der Waals surface area (Å²) in [7, 11) is 6.19. The van der Waals surface area contributed by atoms with Crippen LogP contribution in [0.1, 0.15) is 63.4 Å². The van der Waals surface area contributed by atoms with Gasteiger partial charge in [-0.15, -0.1) is 0 Å². The van der Waals surface area contributed by atoms with Crippen LogP contribution in [-0.2, 0) is 25.4 Å². The standard InChI is InChI=1S/C32H46N4O/c1-9-12-27(29-20-24-14-11-13-23(10-2)30(24)35(29)7)33-28-21-26(32(3,4)5)19-25(31(28)37-8)22-36-17-15-34(6)16-18-36/h11-14,19-21,33H,9-10,15-18,22H2,1-8H3/b27-12-. The Morgan fingerprint density at radius 3 is 2.35 bits per heavy atom. The molecule has 2 heterocycles. The zero-order valence-corrected chi connectivity index (χ0v) is 24.2. The largest absolute Gasteiger partial charge is 0.494 e. The Kier molecular flexibility index (Phi) is 8.35. The molecule has 1 aliphatic rings. The number of hydrogen-bond donors (Lipinski definition) is 1. The second-order valence-electron chi connectivity index (χ2n) is 11.5. The van der Waals surface area contributed by atoms with E-state index in [0.29, 0.717) is 0 Å². The fraction of sp³-hybridized carbons (Fsp3) is 0.500. The molecule has 0 bridgehead atoms. The maximum Gasteiger partial charge on any atom is 0.146 e. The van der Waals surface area contributed by atoms with Crippen molar-refractivity contribution in [3.05, 3.63) is 64.9 Å². The number of hydrogen-bond acceptors (Lipinski definition) is 4. The van der Waals surface area contributed by atoms with Crippen molar-refractivity contribution in [1.29, 1.82) is 0 Å². The van der Waals surface area contributed by atoms with Crippen molar-refractivity contribution in [3.8, 4) is 5.75 Å². The number of nitrogens with zero attached hydrogens (tertiary/aromatic N) is 3. The lowest BCUT2D eigenvalue weighted by atomic mass is 9.85. The predicted octanol–water partition coefficient (Wildman–Crippen LogP) is 6.66. The van der Waals surface area contributed by atoms with Crippen molar-refractivity contribution in [2.75, 3.05) is 45.7 Å². The number of methoxy groups -OCH3 is 1. The fourth-order valence-corrected chi connectivity index (χ4v) is 5.43. The molecule has 5 nitrogen and oxygen atoms in total. The van der Waals surface area contributed by atoms with Gasteiger partial charge in [0.15, 0.2) is 0 Å². The number of piperazine rings is 1. The van der Waals surface area contributed by atoms with Crippen LogP contribution >= 0.6 is 0 Å². The molecule has 1 fully saturated rings. The lowest BCUT2D eigenvalue weighted by Crippen LogP contribution is -2.43. The minimum absolute atomic E-state index is 0.0316. The summed E-state index contributed by atoms with van der Waals surface area (Å²) >= 11 is 0. The van der Waals surface area contributed by atoms with Gasteiger partial charge in [-0.25, -0.2) is 0 Å². The molecule has 1 saturated heterocycles. The summed E-state index contributed by atoms with van der Waals surface area (Å²) in [5, 5.41) is 5.12. The van der Waals surface area contributed by atoms with Gasteiger partial charge in [-0.05, 0) is 48.6 Å². The Bertz CT molecular complexity index is 1260. The van der Waals surface area contributed by atoms with Gasteiger partial charge in [-0.3, -0.25) is 4.90 Å². The minimum atomic E-state index is 0.0316. The SMILES string of the molecule is CC/C=C(\Nc1cc(C(C)(C)C)cc(CN2CCN(C)CC2)c1OC)c1cc2cccc(CC)c2n1C. The highest BCUT2D eigenvalue weighted by Crippen LogP contribution is 2.38. The zero-order chi connectivity index (χ0) is 26.7. The number of allylic oxidation sites excluding steroid dienone is 1. The molecule has 0 saturated carbocycles. The molecule has 0 unspecified atom stereocenters. The molecule has 0 radical (unpaired) electrons. The van der Waals surface area contributed by atoms with E-state index >= 15 is 0 Å². The van der Waals surface area contributed by atoms with Crippen LogP contribution in [0.25, 0.3) is 16.6 Å². The van der Waals surface area contributed by atoms with Crippen LogP contribution < -0.4 is 10.1 Å². The molecule has 5 heteroatoms. The van der Waals surface area contributed by atoms with E-state index in [2.05, 4.69) is 111 Å². The molecule has 0 amide bonds. The first-order chi connectivity index (χ1) is 17.7. The average molecular weight is 503 g/mol. The normalized spacial score (nSPS) is 15.9. The zero-order valence-electron chi connectivity index (χ0n) is 24.2. The summed E-state index contributed by atoms with van der Waals surface area (Å²) in [6.45, 7) is 16.6. The van der Waals surface area contributed by atoms with E-state index in [1.54, 1.807) is 7.11 Å². The quantitative estimate of drug-likeness (QED) is 0.373. The monoisotopic (exact) mass is 502 g/mol. The van der Waals surface area contributed by atoms with E-state index in [9.17, 15) is 0 Å². The van der Waals surface area contributed by atoms with Crippen LogP contribution in [0.4, 0.5) is 5.69 Å². The van der Waals surface area contributed by atoms with Crippen LogP contribution in [0, 0.1) is 0 Å². The maximum absolute atomic E-state index is 6.11. The molecule has 1 aliphatic heterocycles. The van der Waals surface area contributed by atoms with E-state index in [4.69, 9.17) is 4.74 Å². The van der Waals surface area contributed by atoms with Crippen molar-refractivity contribution >= 4 is 22.3 Å². The number of anilines is 1. The lowest BCUT2D eigenvalue weighted by Gasteiger charge is -2.33. The summed E-state index contributed by atoms with van der Waals surface area (Å²) in [5.74, 6) is 0.946. The fourth-order valence-electron chi connectivity index (χ4n) is 5.43. The van der Waals surface area contributed by atoms with E-state index in [1.165, 1.54) is 33.3 Å². The lowest BCUT2D eigenvalue weighted by molar-refractivity contribution is 0.147. The smallest absolute Gasteiger partial charge is 0.146 e. The molecular weight excluding hydrogens is 456 g/mol. The summed E-state index contributed by atoms with van der Waals surface area (Å²) in [5.41, 5.74) is 8.66. The van der Waals surface area contributed by atoms with Crippen molar-refractivity contribution in [1.82, 2.24) is 14.4 Å². The van der Waals surface area contributed by atoms with E-state index in [-0.39, 0.29) is 5.41 Å². The van der Waals surface area contributed by atoms with E-state index < -0.39 is 0 Å². The first-order valence-corrected chi connectivity index (χ1v) is 13.8.